The van der Waals surface area contributed by atoms with E-state index in [1.165, 1.54) is 6.07 Å². The van der Waals surface area contributed by atoms with Gasteiger partial charge in [-0.3, -0.25) is 0 Å². The Balaban J connectivity index is 0.00000312. The van der Waals surface area contributed by atoms with Gasteiger partial charge in [-0.15, -0.1) is 24.0 Å². The topological polar surface area (TPSA) is 45.7 Å². The van der Waals surface area contributed by atoms with Crippen molar-refractivity contribution in [2.45, 2.75) is 26.9 Å². The summed E-state index contributed by atoms with van der Waals surface area (Å²) in [4.78, 5) is 4.58. The van der Waals surface area contributed by atoms with Crippen molar-refractivity contribution in [2.75, 3.05) is 13.7 Å². The van der Waals surface area contributed by atoms with Crippen molar-refractivity contribution in [1.29, 1.82) is 0 Å². The minimum atomic E-state index is -0.183. The number of nitrogens with zero attached hydrogens (tertiary/aromatic N) is 1. The molecule has 0 saturated carbocycles. The Morgan fingerprint density at radius 3 is 2.60 bits per heavy atom. The summed E-state index contributed by atoms with van der Waals surface area (Å²) in [7, 11) is 1.65. The van der Waals surface area contributed by atoms with Crippen LogP contribution in [-0.2, 0) is 13.1 Å². The lowest BCUT2D eigenvalue weighted by Gasteiger charge is -2.12. The maximum Gasteiger partial charge on any atom is 0.191 e. The van der Waals surface area contributed by atoms with Gasteiger partial charge < -0.3 is 15.4 Å². The van der Waals surface area contributed by atoms with Gasteiger partial charge in [-0.1, -0.05) is 24.3 Å². The first kappa shape index (κ1) is 21.2. The van der Waals surface area contributed by atoms with Gasteiger partial charge in [-0.05, 0) is 48.7 Å². The van der Waals surface area contributed by atoms with Gasteiger partial charge in [0.1, 0.15) is 11.6 Å². The predicted molar refractivity (Wildman–Crippen MR) is 111 cm³/mol. The average molecular weight is 457 g/mol. The molecule has 0 atom stereocenters. The van der Waals surface area contributed by atoms with Crippen LogP contribution in [0.2, 0.25) is 0 Å². The van der Waals surface area contributed by atoms with Gasteiger partial charge in [0.15, 0.2) is 5.96 Å². The molecule has 6 heteroatoms. The quantitative estimate of drug-likeness (QED) is 0.392. The zero-order chi connectivity index (χ0) is 17.4. The van der Waals surface area contributed by atoms with E-state index in [-0.39, 0.29) is 29.8 Å². The van der Waals surface area contributed by atoms with E-state index in [0.717, 1.165) is 29.4 Å². The fraction of sp³-hybridized carbons (Fsp3) is 0.316. The Morgan fingerprint density at radius 2 is 1.92 bits per heavy atom. The molecule has 2 aromatic carbocycles. The zero-order valence-corrected chi connectivity index (χ0v) is 17.1. The summed E-state index contributed by atoms with van der Waals surface area (Å²) >= 11 is 0. The number of benzene rings is 2. The molecular formula is C19H25FIN3O. The van der Waals surface area contributed by atoms with Gasteiger partial charge in [0.05, 0.1) is 13.7 Å². The summed E-state index contributed by atoms with van der Waals surface area (Å²) in [5, 5.41) is 6.48. The van der Waals surface area contributed by atoms with E-state index < -0.39 is 0 Å². The maximum atomic E-state index is 13.3. The molecule has 0 aliphatic carbocycles. The average Bonchev–Trinajstić information content (AvgIpc) is 2.60. The molecule has 0 bridgehead atoms. The summed E-state index contributed by atoms with van der Waals surface area (Å²) in [6, 6.07) is 13.0. The number of methoxy groups -OCH3 is 1. The van der Waals surface area contributed by atoms with Crippen LogP contribution in [0.3, 0.4) is 0 Å². The Kier molecular flexibility index (Phi) is 9.26. The van der Waals surface area contributed by atoms with E-state index in [9.17, 15) is 4.39 Å². The number of halogens is 2. The third kappa shape index (κ3) is 6.89. The van der Waals surface area contributed by atoms with Gasteiger partial charge in [-0.25, -0.2) is 9.38 Å². The first-order valence-corrected chi connectivity index (χ1v) is 8.02. The third-order valence-corrected chi connectivity index (χ3v) is 3.58. The number of aliphatic imine (C=N–C) groups is 1. The van der Waals surface area contributed by atoms with Gasteiger partial charge in [0.2, 0.25) is 0 Å². The van der Waals surface area contributed by atoms with Crippen molar-refractivity contribution in [3.63, 3.8) is 0 Å². The highest BCUT2D eigenvalue weighted by Gasteiger charge is 2.02. The third-order valence-electron chi connectivity index (χ3n) is 3.58. The highest BCUT2D eigenvalue weighted by atomic mass is 127. The van der Waals surface area contributed by atoms with Crippen LogP contribution in [0.25, 0.3) is 0 Å². The molecule has 0 aliphatic heterocycles. The Bertz CT molecular complexity index is 707. The minimum Gasteiger partial charge on any atom is -0.497 e. The summed E-state index contributed by atoms with van der Waals surface area (Å²) < 4.78 is 18.5. The predicted octanol–water partition coefficient (Wildman–Crippen LogP) is 4.02. The van der Waals surface area contributed by atoms with E-state index in [2.05, 4.69) is 15.6 Å². The number of guanidine groups is 1. The number of hydrogen-bond donors (Lipinski definition) is 2. The van der Waals surface area contributed by atoms with Gasteiger partial charge in [0, 0.05) is 13.1 Å². The minimum absolute atomic E-state index is 0. The molecule has 0 fully saturated rings. The highest BCUT2D eigenvalue weighted by molar-refractivity contribution is 14.0. The normalized spacial score (nSPS) is 10.8. The SMILES string of the molecule is CCNC(=NCc1cccc(OC)c1)NCc1ccc(F)c(C)c1.I. The van der Waals surface area contributed by atoms with Crippen molar-refractivity contribution >= 4 is 29.9 Å². The molecule has 0 heterocycles. The second kappa shape index (κ2) is 10.9. The van der Waals surface area contributed by atoms with Gasteiger partial charge in [-0.2, -0.15) is 0 Å². The lowest BCUT2D eigenvalue weighted by molar-refractivity contribution is 0.414. The summed E-state index contributed by atoms with van der Waals surface area (Å²) in [6.45, 7) is 5.69. The summed E-state index contributed by atoms with van der Waals surface area (Å²) in [6.07, 6.45) is 0. The van der Waals surface area contributed by atoms with E-state index >= 15 is 0 Å². The number of aryl methyl sites for hydroxylation is 1. The summed E-state index contributed by atoms with van der Waals surface area (Å²) in [5.74, 6) is 1.36. The van der Waals surface area contributed by atoms with Crippen molar-refractivity contribution in [1.82, 2.24) is 10.6 Å². The molecule has 4 nitrogen and oxygen atoms in total. The van der Waals surface area contributed by atoms with Crippen LogP contribution in [0, 0.1) is 12.7 Å². The number of nitrogens with one attached hydrogen (secondary N) is 2. The smallest absolute Gasteiger partial charge is 0.191 e. The van der Waals surface area contributed by atoms with Crippen molar-refractivity contribution in [3.05, 3.63) is 65.0 Å². The lowest BCUT2D eigenvalue weighted by Crippen LogP contribution is -2.36. The van der Waals surface area contributed by atoms with Crippen molar-refractivity contribution in [3.8, 4) is 5.75 Å². The van der Waals surface area contributed by atoms with E-state index in [1.54, 1.807) is 20.1 Å². The Morgan fingerprint density at radius 1 is 1.12 bits per heavy atom. The highest BCUT2D eigenvalue weighted by Crippen LogP contribution is 2.13. The van der Waals surface area contributed by atoms with E-state index in [0.29, 0.717) is 18.7 Å². The van der Waals surface area contributed by atoms with Crippen LogP contribution in [0.1, 0.15) is 23.6 Å². The zero-order valence-electron chi connectivity index (χ0n) is 14.8. The van der Waals surface area contributed by atoms with Crippen molar-refractivity contribution in [2.24, 2.45) is 4.99 Å². The molecular weight excluding hydrogens is 432 g/mol. The van der Waals surface area contributed by atoms with Crippen LogP contribution in [0.5, 0.6) is 5.75 Å². The van der Waals surface area contributed by atoms with E-state index in [1.807, 2.05) is 37.3 Å². The Labute approximate surface area is 165 Å². The largest absolute Gasteiger partial charge is 0.497 e. The number of hydrogen-bond acceptors (Lipinski definition) is 2. The van der Waals surface area contributed by atoms with E-state index in [4.69, 9.17) is 4.74 Å². The van der Waals surface area contributed by atoms with Crippen molar-refractivity contribution < 1.29 is 9.13 Å². The van der Waals surface area contributed by atoms with Gasteiger partial charge >= 0.3 is 0 Å². The van der Waals surface area contributed by atoms with Crippen LogP contribution in [-0.4, -0.2) is 19.6 Å². The lowest BCUT2D eigenvalue weighted by atomic mass is 10.1. The second-order valence-electron chi connectivity index (χ2n) is 5.48. The molecule has 25 heavy (non-hydrogen) atoms. The van der Waals surface area contributed by atoms with Crippen LogP contribution in [0.15, 0.2) is 47.5 Å². The molecule has 136 valence electrons. The second-order valence-corrected chi connectivity index (χ2v) is 5.48. The van der Waals surface area contributed by atoms with Crippen LogP contribution in [0.4, 0.5) is 4.39 Å². The molecule has 2 rings (SSSR count). The first-order chi connectivity index (χ1) is 11.6. The molecule has 0 saturated heterocycles. The van der Waals surface area contributed by atoms with Crippen LogP contribution < -0.4 is 15.4 Å². The molecule has 2 N–H and O–H groups in total. The fourth-order valence-corrected chi connectivity index (χ4v) is 2.29. The first-order valence-electron chi connectivity index (χ1n) is 8.02. The number of ether oxygens (including phenoxy) is 1. The monoisotopic (exact) mass is 457 g/mol. The molecule has 0 spiro atoms. The maximum absolute atomic E-state index is 13.3. The molecule has 0 radical (unpaired) electrons. The fourth-order valence-electron chi connectivity index (χ4n) is 2.29. The standard InChI is InChI=1S/C19H24FN3O.HI/c1-4-21-19(22-12-15-6-5-7-17(11-15)24-3)23-13-16-8-9-18(20)14(2)10-16;/h5-11H,4,12-13H2,1-3H3,(H2,21,22,23);1H. The Hall–Kier alpha value is -1.83. The number of rotatable bonds is 6. The molecule has 0 amide bonds. The molecule has 2 aromatic rings. The van der Waals surface area contributed by atoms with Crippen LogP contribution >= 0.6 is 24.0 Å². The molecule has 0 unspecified atom stereocenters. The summed E-state index contributed by atoms with van der Waals surface area (Å²) in [5.41, 5.74) is 2.73. The van der Waals surface area contributed by atoms with Gasteiger partial charge in [0.25, 0.3) is 0 Å². The molecule has 0 aliphatic rings. The molecule has 0 aromatic heterocycles.